The molecule has 6 nitrogen and oxygen atoms in total. The molecule has 6 heteroatoms. The zero-order chi connectivity index (χ0) is 19.9. The molecule has 0 saturated heterocycles. The minimum atomic E-state index is -1.63. The van der Waals surface area contributed by atoms with Crippen LogP contribution >= 0.6 is 0 Å². The van der Waals surface area contributed by atoms with Gasteiger partial charge >= 0.3 is 5.63 Å². The van der Waals surface area contributed by atoms with Crippen molar-refractivity contribution in [3.05, 3.63) is 70.2 Å². The number of anilines is 1. The van der Waals surface area contributed by atoms with E-state index < -0.39 is 17.1 Å². The van der Waals surface area contributed by atoms with Gasteiger partial charge < -0.3 is 14.9 Å². The van der Waals surface area contributed by atoms with Crippen LogP contribution in [-0.2, 0) is 10.4 Å². The molecule has 3 aromatic rings. The topological polar surface area (TPSA) is 92.4 Å². The molecule has 0 bridgehead atoms. The van der Waals surface area contributed by atoms with Crippen LogP contribution in [0.25, 0.3) is 10.8 Å². The minimum absolute atomic E-state index is 0.0369. The quantitative estimate of drug-likeness (QED) is 0.709. The van der Waals surface area contributed by atoms with Gasteiger partial charge in [-0.1, -0.05) is 42.4 Å². The van der Waals surface area contributed by atoms with Gasteiger partial charge in [0.2, 0.25) is 0 Å². The lowest BCUT2D eigenvalue weighted by Crippen LogP contribution is -2.42. The highest BCUT2D eigenvalue weighted by Crippen LogP contribution is 2.53. The summed E-state index contributed by atoms with van der Waals surface area (Å²) in [5, 5.41) is 19.0. The molecule has 1 atom stereocenters. The monoisotopic (exact) mass is 378 g/mol. The highest BCUT2D eigenvalue weighted by molar-refractivity contribution is 5.99. The second kappa shape index (κ2) is 6.56. The maximum atomic E-state index is 13.2. The average Bonchev–Trinajstić information content (AvgIpc) is 3.42. The average molecular weight is 378 g/mol. The van der Waals surface area contributed by atoms with Gasteiger partial charge in [-0.05, 0) is 55.4 Å². The number of rotatable bonds is 5. The van der Waals surface area contributed by atoms with Gasteiger partial charge in [-0.25, -0.2) is 4.79 Å². The molecule has 0 aliphatic heterocycles. The lowest BCUT2D eigenvalue weighted by Gasteiger charge is -2.30. The number of carbonyl (C=O) groups excluding carboxylic acids is 1. The van der Waals surface area contributed by atoms with E-state index in [1.54, 1.807) is 37.3 Å². The van der Waals surface area contributed by atoms with Gasteiger partial charge in [-0.2, -0.15) is 0 Å². The molecule has 1 amide bonds. The van der Waals surface area contributed by atoms with Crippen molar-refractivity contribution in [2.24, 2.45) is 5.41 Å². The smallest absolute Gasteiger partial charge is 0.366 e. The first kappa shape index (κ1) is 18.4. The van der Waals surface area contributed by atoms with E-state index in [1.165, 1.54) is 0 Å². The van der Waals surface area contributed by atoms with Gasteiger partial charge in [-0.15, -0.1) is 0 Å². The van der Waals surface area contributed by atoms with Crippen LogP contribution < -0.4 is 10.9 Å². The van der Waals surface area contributed by atoms with Crippen LogP contribution in [0.1, 0.15) is 37.4 Å². The fourth-order valence-corrected chi connectivity index (χ4v) is 3.58. The minimum Gasteiger partial charge on any atom is -0.375 e. The van der Waals surface area contributed by atoms with Crippen LogP contribution in [0.5, 0.6) is 0 Å². The molecule has 1 heterocycles. The Bertz CT molecular complexity index is 1100. The summed E-state index contributed by atoms with van der Waals surface area (Å²) in [6, 6.07) is 13.9. The van der Waals surface area contributed by atoms with Gasteiger partial charge in [0.05, 0.1) is 11.1 Å². The molecule has 1 fully saturated rings. The van der Waals surface area contributed by atoms with Crippen molar-refractivity contribution < 1.29 is 14.4 Å². The molecule has 0 spiro atoms. The van der Waals surface area contributed by atoms with Gasteiger partial charge in [0.1, 0.15) is 0 Å². The van der Waals surface area contributed by atoms with E-state index in [1.807, 2.05) is 18.2 Å². The Labute approximate surface area is 162 Å². The fraction of sp³-hybridized carbons (Fsp3) is 0.318. The van der Waals surface area contributed by atoms with E-state index >= 15 is 0 Å². The van der Waals surface area contributed by atoms with Crippen LogP contribution in [0.15, 0.2) is 57.8 Å². The number of hydrogen-bond donors (Lipinski definition) is 2. The molecule has 2 aromatic carbocycles. The molecule has 0 radical (unpaired) electrons. The lowest BCUT2D eigenvalue weighted by molar-refractivity contribution is -0.137. The Balaban J connectivity index is 1.69. The molecular weight excluding hydrogens is 356 g/mol. The number of nitrogens with zero attached hydrogens (tertiary/aromatic N) is 1. The van der Waals surface area contributed by atoms with Crippen LogP contribution in [0.2, 0.25) is 0 Å². The molecule has 1 aliphatic rings. The Hall–Kier alpha value is -2.99. The maximum absolute atomic E-state index is 13.2. The van der Waals surface area contributed by atoms with Crippen LogP contribution in [-0.4, -0.2) is 16.2 Å². The molecular formula is C22H22N2O4. The van der Waals surface area contributed by atoms with Crippen molar-refractivity contribution in [1.29, 1.82) is 0 Å². The molecule has 1 unspecified atom stereocenters. The van der Waals surface area contributed by atoms with Gasteiger partial charge in [0.25, 0.3) is 5.91 Å². The third kappa shape index (κ3) is 3.31. The number of amides is 1. The number of carbonyl (C=O) groups is 1. The molecule has 1 aliphatic carbocycles. The number of aryl methyl sites for hydroxylation is 1. The first-order chi connectivity index (χ1) is 13.3. The van der Waals surface area contributed by atoms with Crippen LogP contribution in [0.3, 0.4) is 0 Å². The SMILES string of the molecule is Cc1noc(=O)c2ccc(NC(=O)C(O)(CC3(C)CC3)c3ccccc3)cc12. The van der Waals surface area contributed by atoms with Crippen molar-refractivity contribution in [1.82, 2.24) is 5.16 Å². The summed E-state index contributed by atoms with van der Waals surface area (Å²) in [6.07, 6.45) is 2.34. The predicted molar refractivity (Wildman–Crippen MR) is 106 cm³/mol. The Morgan fingerprint density at radius 3 is 2.61 bits per heavy atom. The third-order valence-corrected chi connectivity index (χ3v) is 5.57. The van der Waals surface area contributed by atoms with E-state index in [-0.39, 0.29) is 5.41 Å². The highest BCUT2D eigenvalue weighted by Gasteiger charge is 2.49. The summed E-state index contributed by atoms with van der Waals surface area (Å²) >= 11 is 0. The Morgan fingerprint density at radius 2 is 1.93 bits per heavy atom. The second-order valence-corrected chi connectivity index (χ2v) is 7.98. The van der Waals surface area contributed by atoms with Crippen LogP contribution in [0, 0.1) is 12.3 Å². The zero-order valence-corrected chi connectivity index (χ0v) is 15.9. The van der Waals surface area contributed by atoms with Crippen LogP contribution in [0.4, 0.5) is 5.69 Å². The Kier molecular flexibility index (Phi) is 4.31. The number of hydrogen-bond acceptors (Lipinski definition) is 5. The maximum Gasteiger partial charge on any atom is 0.366 e. The van der Waals surface area contributed by atoms with Gasteiger partial charge in [0.15, 0.2) is 5.60 Å². The van der Waals surface area contributed by atoms with Crippen molar-refractivity contribution >= 4 is 22.4 Å². The normalized spacial score (nSPS) is 17.1. The molecule has 28 heavy (non-hydrogen) atoms. The standard InChI is InChI=1S/C22H22N2O4/c1-14-18-12-16(8-9-17(18)19(25)28-24-14)23-20(26)22(27,13-21(2)10-11-21)15-6-4-3-5-7-15/h3-9,12,27H,10-11,13H2,1-2H3,(H,23,26). The number of aliphatic hydroxyl groups is 1. The van der Waals surface area contributed by atoms with E-state index in [0.717, 1.165) is 12.8 Å². The van der Waals surface area contributed by atoms with Crippen molar-refractivity contribution in [2.75, 3.05) is 5.32 Å². The first-order valence-electron chi connectivity index (χ1n) is 9.31. The Morgan fingerprint density at radius 1 is 1.21 bits per heavy atom. The molecule has 4 rings (SSSR count). The summed E-state index contributed by atoms with van der Waals surface area (Å²) in [4.78, 5) is 25.0. The summed E-state index contributed by atoms with van der Waals surface area (Å²) in [6.45, 7) is 3.81. The number of aromatic nitrogens is 1. The van der Waals surface area contributed by atoms with E-state index in [0.29, 0.717) is 34.1 Å². The van der Waals surface area contributed by atoms with E-state index in [2.05, 4.69) is 17.4 Å². The summed E-state index contributed by atoms with van der Waals surface area (Å²) in [5.41, 5.74) is -0.589. The van der Waals surface area contributed by atoms with E-state index in [9.17, 15) is 14.7 Å². The predicted octanol–water partition coefficient (Wildman–Crippen LogP) is 3.51. The highest BCUT2D eigenvalue weighted by atomic mass is 16.5. The zero-order valence-electron chi connectivity index (χ0n) is 15.9. The summed E-state index contributed by atoms with van der Waals surface area (Å²) in [5.74, 6) is -0.486. The lowest BCUT2D eigenvalue weighted by atomic mass is 9.82. The largest absolute Gasteiger partial charge is 0.375 e. The fourth-order valence-electron chi connectivity index (χ4n) is 3.58. The van der Waals surface area contributed by atoms with Crippen molar-refractivity contribution in [3.8, 4) is 0 Å². The second-order valence-electron chi connectivity index (χ2n) is 7.98. The molecule has 2 N–H and O–H groups in total. The third-order valence-electron chi connectivity index (χ3n) is 5.57. The number of fused-ring (bicyclic) bond motifs is 1. The molecule has 144 valence electrons. The number of nitrogens with one attached hydrogen (secondary N) is 1. The van der Waals surface area contributed by atoms with Gasteiger partial charge in [0, 0.05) is 11.1 Å². The molecule has 1 saturated carbocycles. The van der Waals surface area contributed by atoms with Gasteiger partial charge in [-0.3, -0.25) is 4.79 Å². The van der Waals surface area contributed by atoms with Crippen molar-refractivity contribution in [3.63, 3.8) is 0 Å². The summed E-state index contributed by atoms with van der Waals surface area (Å²) in [7, 11) is 0. The summed E-state index contributed by atoms with van der Waals surface area (Å²) < 4.78 is 4.73. The van der Waals surface area contributed by atoms with Crippen molar-refractivity contribution in [2.45, 2.75) is 38.7 Å². The van der Waals surface area contributed by atoms with E-state index in [4.69, 9.17) is 4.52 Å². The molecule has 1 aromatic heterocycles. The first-order valence-corrected chi connectivity index (χ1v) is 9.31. The number of benzene rings is 2.